The fourth-order valence-electron chi connectivity index (χ4n) is 1.85. The van der Waals surface area contributed by atoms with Gasteiger partial charge in [-0.05, 0) is 37.9 Å². The lowest BCUT2D eigenvalue weighted by atomic mass is 10.0. The van der Waals surface area contributed by atoms with Gasteiger partial charge in [-0.3, -0.25) is 10.1 Å². The third kappa shape index (κ3) is 2.74. The molecule has 1 aromatic carbocycles. The van der Waals surface area contributed by atoms with E-state index in [4.69, 9.17) is 4.74 Å². The quantitative estimate of drug-likeness (QED) is 0.626. The minimum atomic E-state index is -0.396. The van der Waals surface area contributed by atoms with E-state index >= 15 is 0 Å². The van der Waals surface area contributed by atoms with E-state index in [1.807, 2.05) is 13.0 Å². The molecule has 1 aromatic rings. The summed E-state index contributed by atoms with van der Waals surface area (Å²) < 4.78 is 5.57. The van der Waals surface area contributed by atoms with Gasteiger partial charge >= 0.3 is 5.69 Å². The van der Waals surface area contributed by atoms with Crippen LogP contribution in [0.5, 0.6) is 5.75 Å². The molecule has 0 bridgehead atoms. The largest absolute Gasteiger partial charge is 0.487 e. The lowest BCUT2D eigenvalue weighted by Crippen LogP contribution is -2.42. The number of nitro groups is 1. The van der Waals surface area contributed by atoms with Crippen molar-refractivity contribution in [2.24, 2.45) is 5.92 Å². The molecule has 5 nitrogen and oxygen atoms in total. The molecule has 0 aromatic heterocycles. The lowest BCUT2D eigenvalue weighted by molar-refractivity contribution is -0.385. The summed E-state index contributed by atoms with van der Waals surface area (Å²) in [4.78, 5) is 10.5. The van der Waals surface area contributed by atoms with Crippen LogP contribution in [0.1, 0.15) is 12.0 Å². The molecular formula is C12H16N2O3. The van der Waals surface area contributed by atoms with Crippen molar-refractivity contribution in [3.63, 3.8) is 0 Å². The molecule has 92 valence electrons. The topological polar surface area (TPSA) is 64.4 Å². The fraction of sp³-hybridized carbons (Fsp3) is 0.500. The van der Waals surface area contributed by atoms with Crippen LogP contribution in [-0.2, 0) is 0 Å². The van der Waals surface area contributed by atoms with Crippen molar-refractivity contribution >= 4 is 5.69 Å². The summed E-state index contributed by atoms with van der Waals surface area (Å²) >= 11 is 0. The number of nitro benzene ring substituents is 1. The summed E-state index contributed by atoms with van der Waals surface area (Å²) in [5, 5.41) is 14.0. The molecule has 1 aliphatic rings. The molecule has 1 N–H and O–H groups in total. The highest BCUT2D eigenvalue weighted by Crippen LogP contribution is 2.30. The first-order valence-corrected chi connectivity index (χ1v) is 5.76. The van der Waals surface area contributed by atoms with Crippen molar-refractivity contribution in [3.05, 3.63) is 33.9 Å². The Hall–Kier alpha value is -1.62. The molecule has 0 amide bonds. The van der Waals surface area contributed by atoms with Crippen LogP contribution in [0.15, 0.2) is 18.2 Å². The van der Waals surface area contributed by atoms with Crippen molar-refractivity contribution < 1.29 is 9.66 Å². The predicted octanol–water partition coefficient (Wildman–Crippen LogP) is 1.89. The summed E-state index contributed by atoms with van der Waals surface area (Å²) in [7, 11) is 0. The van der Waals surface area contributed by atoms with Crippen LogP contribution in [0.4, 0.5) is 5.69 Å². The van der Waals surface area contributed by atoms with Gasteiger partial charge in [-0.25, -0.2) is 0 Å². The van der Waals surface area contributed by atoms with Gasteiger partial charge in [0.1, 0.15) is 0 Å². The highest BCUT2D eigenvalue weighted by atomic mass is 16.6. The van der Waals surface area contributed by atoms with Gasteiger partial charge in [0, 0.05) is 6.07 Å². The number of hydrogen-bond donors (Lipinski definition) is 1. The van der Waals surface area contributed by atoms with E-state index in [0.29, 0.717) is 18.3 Å². The number of nitrogens with one attached hydrogen (secondary N) is 1. The fourth-order valence-corrected chi connectivity index (χ4v) is 1.85. The first-order chi connectivity index (χ1) is 8.18. The van der Waals surface area contributed by atoms with Crippen molar-refractivity contribution in [1.82, 2.24) is 5.32 Å². The highest BCUT2D eigenvalue weighted by Gasteiger charge is 2.19. The predicted molar refractivity (Wildman–Crippen MR) is 64.3 cm³/mol. The summed E-state index contributed by atoms with van der Waals surface area (Å²) in [6.07, 6.45) is 0.943. The van der Waals surface area contributed by atoms with E-state index < -0.39 is 4.92 Å². The number of benzene rings is 1. The first-order valence-electron chi connectivity index (χ1n) is 5.76. The Balaban J connectivity index is 2.00. The smallest absolute Gasteiger partial charge is 0.311 e. The number of nitrogens with zero attached hydrogens (tertiary/aromatic N) is 1. The molecule has 5 heteroatoms. The highest BCUT2D eigenvalue weighted by molar-refractivity contribution is 5.51. The first kappa shape index (κ1) is 11.9. The molecule has 0 saturated carbocycles. The lowest BCUT2D eigenvalue weighted by Gasteiger charge is -2.26. The zero-order valence-corrected chi connectivity index (χ0v) is 9.81. The SMILES string of the molecule is Cc1cccc([N+](=O)[O-])c1OCCC1CNC1. The molecule has 0 radical (unpaired) electrons. The standard InChI is InChI=1S/C12H16N2O3/c1-9-3-2-4-11(14(15)16)12(9)17-6-5-10-7-13-8-10/h2-4,10,13H,5-8H2,1H3. The van der Waals surface area contributed by atoms with Gasteiger partial charge < -0.3 is 10.1 Å². The van der Waals surface area contributed by atoms with E-state index in [1.165, 1.54) is 6.07 Å². The molecule has 0 atom stereocenters. The summed E-state index contributed by atoms with van der Waals surface area (Å²) in [5.41, 5.74) is 0.864. The van der Waals surface area contributed by atoms with Gasteiger partial charge in [-0.1, -0.05) is 12.1 Å². The molecule has 0 unspecified atom stereocenters. The Labute approximate surface area is 99.9 Å². The molecule has 0 aliphatic carbocycles. The van der Waals surface area contributed by atoms with Crippen LogP contribution in [0, 0.1) is 23.0 Å². The normalized spacial score (nSPS) is 15.4. The Morgan fingerprint density at radius 2 is 2.29 bits per heavy atom. The maximum atomic E-state index is 10.9. The van der Waals surface area contributed by atoms with Gasteiger partial charge in [-0.2, -0.15) is 0 Å². The zero-order valence-electron chi connectivity index (χ0n) is 9.81. The molecular weight excluding hydrogens is 220 g/mol. The molecule has 2 rings (SSSR count). The second-order valence-electron chi connectivity index (χ2n) is 4.34. The van der Waals surface area contributed by atoms with Gasteiger partial charge in [0.2, 0.25) is 0 Å². The van der Waals surface area contributed by atoms with Gasteiger partial charge in [-0.15, -0.1) is 0 Å². The molecule has 1 aliphatic heterocycles. The summed E-state index contributed by atoms with van der Waals surface area (Å²) in [6, 6.07) is 4.98. The number of ether oxygens (including phenoxy) is 1. The number of hydrogen-bond acceptors (Lipinski definition) is 4. The Kier molecular flexibility index (Phi) is 3.58. The summed E-state index contributed by atoms with van der Waals surface area (Å²) in [6.45, 7) is 4.42. The molecule has 1 fully saturated rings. The number of aryl methyl sites for hydroxylation is 1. The Morgan fingerprint density at radius 3 is 2.88 bits per heavy atom. The van der Waals surface area contributed by atoms with E-state index in [1.54, 1.807) is 6.07 Å². The molecule has 1 heterocycles. The maximum Gasteiger partial charge on any atom is 0.311 e. The van der Waals surface area contributed by atoms with Crippen LogP contribution in [0.3, 0.4) is 0 Å². The van der Waals surface area contributed by atoms with Crippen LogP contribution >= 0.6 is 0 Å². The summed E-state index contributed by atoms with van der Waals surface area (Å²) in [5.74, 6) is 1.06. The van der Waals surface area contributed by atoms with Crippen molar-refractivity contribution in [3.8, 4) is 5.75 Å². The number of rotatable bonds is 5. The van der Waals surface area contributed by atoms with Crippen LogP contribution < -0.4 is 10.1 Å². The van der Waals surface area contributed by atoms with Gasteiger partial charge in [0.15, 0.2) is 5.75 Å². The third-order valence-corrected chi connectivity index (χ3v) is 3.03. The number of para-hydroxylation sites is 1. The van der Waals surface area contributed by atoms with Crippen molar-refractivity contribution in [2.45, 2.75) is 13.3 Å². The average Bonchev–Trinajstić information content (AvgIpc) is 2.23. The Morgan fingerprint density at radius 1 is 1.53 bits per heavy atom. The van der Waals surface area contributed by atoms with Crippen molar-refractivity contribution in [1.29, 1.82) is 0 Å². The molecule has 0 spiro atoms. The monoisotopic (exact) mass is 236 g/mol. The van der Waals surface area contributed by atoms with E-state index in [9.17, 15) is 10.1 Å². The van der Waals surface area contributed by atoms with Gasteiger partial charge in [0.05, 0.1) is 11.5 Å². The zero-order chi connectivity index (χ0) is 12.3. The third-order valence-electron chi connectivity index (χ3n) is 3.03. The van der Waals surface area contributed by atoms with Crippen LogP contribution in [-0.4, -0.2) is 24.6 Å². The Bertz CT molecular complexity index is 416. The molecule has 17 heavy (non-hydrogen) atoms. The molecule has 1 saturated heterocycles. The second-order valence-corrected chi connectivity index (χ2v) is 4.34. The van der Waals surface area contributed by atoms with Crippen LogP contribution in [0.2, 0.25) is 0 Å². The van der Waals surface area contributed by atoms with E-state index in [0.717, 1.165) is 25.1 Å². The maximum absolute atomic E-state index is 10.9. The van der Waals surface area contributed by atoms with Gasteiger partial charge in [0.25, 0.3) is 0 Å². The second kappa shape index (κ2) is 5.14. The minimum absolute atomic E-state index is 0.0525. The van der Waals surface area contributed by atoms with Crippen LogP contribution in [0.25, 0.3) is 0 Å². The van der Waals surface area contributed by atoms with Crippen molar-refractivity contribution in [2.75, 3.05) is 19.7 Å². The minimum Gasteiger partial charge on any atom is -0.487 e. The average molecular weight is 236 g/mol. The van der Waals surface area contributed by atoms with E-state index in [-0.39, 0.29) is 5.69 Å². The van der Waals surface area contributed by atoms with E-state index in [2.05, 4.69) is 5.32 Å².